The van der Waals surface area contributed by atoms with Crippen molar-refractivity contribution in [3.05, 3.63) is 36.2 Å². The summed E-state index contributed by atoms with van der Waals surface area (Å²) in [5.41, 5.74) is 0.968. The molecule has 0 saturated carbocycles. The Hall–Kier alpha value is -3.44. The first-order chi connectivity index (χ1) is 16.8. The van der Waals surface area contributed by atoms with Crippen LogP contribution in [0.3, 0.4) is 0 Å². The van der Waals surface area contributed by atoms with Gasteiger partial charge in [0.1, 0.15) is 24.3 Å². The van der Waals surface area contributed by atoms with E-state index in [0.29, 0.717) is 37.1 Å². The van der Waals surface area contributed by atoms with Gasteiger partial charge in [-0.2, -0.15) is 0 Å². The lowest BCUT2D eigenvalue weighted by Gasteiger charge is -2.45. The first-order valence-corrected chi connectivity index (χ1v) is 11.7. The average Bonchev–Trinajstić information content (AvgIpc) is 3.21. The number of aromatic nitrogens is 2. The van der Waals surface area contributed by atoms with Crippen molar-refractivity contribution >= 4 is 29.3 Å². The van der Waals surface area contributed by atoms with Crippen molar-refractivity contribution in [1.29, 1.82) is 0 Å². The van der Waals surface area contributed by atoms with Crippen molar-refractivity contribution in [2.75, 3.05) is 48.5 Å². The van der Waals surface area contributed by atoms with Crippen molar-refractivity contribution in [2.45, 2.75) is 44.6 Å². The second-order valence-electron chi connectivity index (χ2n) is 9.21. The highest BCUT2D eigenvalue weighted by Crippen LogP contribution is 2.38. The number of fused-ring (bicyclic) bond motifs is 4. The number of esters is 1. The first kappa shape index (κ1) is 23.3. The molecule has 2 atom stereocenters. The molecule has 2 bridgehead atoms. The molecule has 2 aromatic rings. The standard InChI is InChI=1S/C24H29N5O6/c1-24(2)34-14-17(35-24)13-33-16-8-9-25-20(11-16)27-23(31)29-15-5-4-10-28(12-15)19-7-6-18(22(30)32-3)26-21(19)29/h6-9,11,15,17H,4-5,10,12-14H2,1-3H3,(H,25,27,31)/t15-,17-/m0/s1. The molecule has 0 radical (unpaired) electrons. The second-order valence-corrected chi connectivity index (χ2v) is 9.21. The van der Waals surface area contributed by atoms with Crippen molar-refractivity contribution in [3.63, 3.8) is 0 Å². The van der Waals surface area contributed by atoms with Crippen LogP contribution in [0.2, 0.25) is 0 Å². The molecule has 186 valence electrons. The topological polar surface area (TPSA) is 115 Å². The molecule has 0 spiro atoms. The van der Waals surface area contributed by atoms with E-state index in [2.05, 4.69) is 20.2 Å². The number of nitrogens with one attached hydrogen (secondary N) is 1. The summed E-state index contributed by atoms with van der Waals surface area (Å²) >= 11 is 0. The highest BCUT2D eigenvalue weighted by molar-refractivity contribution is 6.04. The summed E-state index contributed by atoms with van der Waals surface area (Å²) in [7, 11) is 1.31. The quantitative estimate of drug-likeness (QED) is 0.641. The fraction of sp³-hybridized carbons (Fsp3) is 0.500. The van der Waals surface area contributed by atoms with Gasteiger partial charge in [0.15, 0.2) is 17.3 Å². The van der Waals surface area contributed by atoms with Gasteiger partial charge in [0.05, 0.1) is 25.4 Å². The van der Waals surface area contributed by atoms with Gasteiger partial charge in [-0.05, 0) is 44.9 Å². The van der Waals surface area contributed by atoms with Gasteiger partial charge in [-0.15, -0.1) is 0 Å². The summed E-state index contributed by atoms with van der Waals surface area (Å²) in [6.45, 7) is 6.08. The summed E-state index contributed by atoms with van der Waals surface area (Å²) < 4.78 is 22.0. The smallest absolute Gasteiger partial charge is 0.356 e. The van der Waals surface area contributed by atoms with E-state index in [-0.39, 0.29) is 23.9 Å². The van der Waals surface area contributed by atoms with Gasteiger partial charge in [0, 0.05) is 25.4 Å². The molecule has 1 N–H and O–H groups in total. The lowest BCUT2D eigenvalue weighted by molar-refractivity contribution is -0.141. The van der Waals surface area contributed by atoms with E-state index < -0.39 is 11.8 Å². The number of urea groups is 1. The molecule has 0 aliphatic carbocycles. The summed E-state index contributed by atoms with van der Waals surface area (Å²) in [4.78, 5) is 38.1. The van der Waals surface area contributed by atoms with E-state index >= 15 is 0 Å². The van der Waals surface area contributed by atoms with Crippen LogP contribution in [0.15, 0.2) is 30.5 Å². The molecule has 3 aliphatic heterocycles. The van der Waals surface area contributed by atoms with E-state index in [4.69, 9.17) is 18.9 Å². The Morgan fingerprint density at radius 1 is 1.29 bits per heavy atom. The van der Waals surface area contributed by atoms with E-state index in [0.717, 1.165) is 25.1 Å². The van der Waals surface area contributed by atoms with E-state index in [1.807, 2.05) is 19.9 Å². The third-order valence-electron chi connectivity index (χ3n) is 6.27. The molecular formula is C24H29N5O6. The minimum Gasteiger partial charge on any atom is -0.491 e. The zero-order chi connectivity index (χ0) is 24.6. The average molecular weight is 484 g/mol. The van der Waals surface area contributed by atoms with Gasteiger partial charge < -0.3 is 23.8 Å². The van der Waals surface area contributed by atoms with Crippen molar-refractivity contribution in [2.24, 2.45) is 0 Å². The zero-order valence-electron chi connectivity index (χ0n) is 20.0. The van der Waals surface area contributed by atoms with Crippen LogP contribution in [0.1, 0.15) is 37.2 Å². The van der Waals surface area contributed by atoms with Crippen LogP contribution in [0.4, 0.5) is 22.1 Å². The minimum atomic E-state index is -0.618. The molecule has 35 heavy (non-hydrogen) atoms. The number of hydrogen-bond acceptors (Lipinski definition) is 9. The number of anilines is 3. The monoisotopic (exact) mass is 483 g/mol. The Morgan fingerprint density at radius 2 is 2.14 bits per heavy atom. The molecule has 2 aromatic heterocycles. The molecule has 5 rings (SSSR count). The Bertz CT molecular complexity index is 1130. The number of pyridine rings is 2. The van der Waals surface area contributed by atoms with Gasteiger partial charge >= 0.3 is 12.0 Å². The van der Waals surface area contributed by atoms with Crippen LogP contribution in [-0.2, 0) is 14.2 Å². The molecule has 5 heterocycles. The second kappa shape index (κ2) is 9.31. The number of rotatable bonds is 5. The number of amides is 2. The first-order valence-electron chi connectivity index (χ1n) is 11.7. The number of methoxy groups -OCH3 is 1. The number of carbonyl (C=O) groups is 2. The van der Waals surface area contributed by atoms with E-state index in [1.54, 1.807) is 29.3 Å². The highest BCUT2D eigenvalue weighted by Gasteiger charge is 2.39. The van der Waals surface area contributed by atoms with E-state index in [1.165, 1.54) is 7.11 Å². The lowest BCUT2D eigenvalue weighted by Crippen LogP contribution is -2.56. The highest BCUT2D eigenvalue weighted by atomic mass is 16.7. The zero-order valence-corrected chi connectivity index (χ0v) is 20.0. The van der Waals surface area contributed by atoms with Crippen LogP contribution in [0, 0.1) is 0 Å². The molecule has 2 fully saturated rings. The molecule has 2 amide bonds. The maximum absolute atomic E-state index is 13.5. The van der Waals surface area contributed by atoms with Crippen LogP contribution in [-0.4, -0.2) is 73.3 Å². The summed E-state index contributed by atoms with van der Waals surface area (Å²) in [5.74, 6) is 0.171. The minimum absolute atomic E-state index is 0.0704. The fourth-order valence-electron chi connectivity index (χ4n) is 4.68. The number of nitrogens with zero attached hydrogens (tertiary/aromatic N) is 4. The predicted molar refractivity (Wildman–Crippen MR) is 127 cm³/mol. The van der Waals surface area contributed by atoms with Crippen molar-refractivity contribution in [1.82, 2.24) is 9.97 Å². The Balaban J connectivity index is 1.33. The van der Waals surface area contributed by atoms with E-state index in [9.17, 15) is 9.59 Å². The third kappa shape index (κ3) is 4.87. The van der Waals surface area contributed by atoms with Crippen LogP contribution in [0.25, 0.3) is 0 Å². The summed E-state index contributed by atoms with van der Waals surface area (Å²) in [6.07, 6.45) is 3.19. The fourth-order valence-corrected chi connectivity index (χ4v) is 4.68. The van der Waals surface area contributed by atoms with Gasteiger partial charge in [-0.25, -0.2) is 19.6 Å². The predicted octanol–water partition coefficient (Wildman–Crippen LogP) is 2.81. The van der Waals surface area contributed by atoms with Gasteiger partial charge in [-0.3, -0.25) is 10.2 Å². The Kier molecular flexibility index (Phi) is 6.20. The number of carbonyl (C=O) groups excluding carboxylic acids is 2. The SMILES string of the molecule is COC(=O)c1ccc2c(n1)N(C(=O)Nc1cc(OC[C@H]3COC(C)(C)O3)ccn1)[C@H]1CCCN2C1. The van der Waals surface area contributed by atoms with Crippen LogP contribution in [0.5, 0.6) is 5.75 Å². The summed E-state index contributed by atoms with van der Waals surface area (Å²) in [5, 5.41) is 2.87. The molecule has 11 nitrogen and oxygen atoms in total. The summed E-state index contributed by atoms with van der Waals surface area (Å²) in [6, 6.07) is 6.38. The van der Waals surface area contributed by atoms with Gasteiger partial charge in [0.2, 0.25) is 0 Å². The number of ether oxygens (including phenoxy) is 4. The largest absolute Gasteiger partial charge is 0.491 e. The molecule has 0 aromatic carbocycles. The maximum Gasteiger partial charge on any atom is 0.356 e. The van der Waals surface area contributed by atoms with Gasteiger partial charge in [0.25, 0.3) is 0 Å². The molecule has 0 unspecified atom stereocenters. The van der Waals surface area contributed by atoms with Crippen LogP contribution < -0.4 is 19.9 Å². The van der Waals surface area contributed by atoms with Crippen LogP contribution >= 0.6 is 0 Å². The normalized spacial score (nSPS) is 22.4. The van der Waals surface area contributed by atoms with Gasteiger partial charge in [-0.1, -0.05) is 0 Å². The molecule has 11 heteroatoms. The molecular weight excluding hydrogens is 454 g/mol. The Labute approximate surface area is 203 Å². The number of piperidine rings is 1. The van der Waals surface area contributed by atoms with Crippen molar-refractivity contribution in [3.8, 4) is 5.75 Å². The molecule has 2 saturated heterocycles. The van der Waals surface area contributed by atoms with Crippen molar-refractivity contribution < 1.29 is 28.5 Å². The number of hydrogen-bond donors (Lipinski definition) is 1. The maximum atomic E-state index is 13.5. The lowest BCUT2D eigenvalue weighted by atomic mass is 10.00. The Morgan fingerprint density at radius 3 is 2.91 bits per heavy atom. The third-order valence-corrected chi connectivity index (χ3v) is 6.27. The molecule has 3 aliphatic rings.